The van der Waals surface area contributed by atoms with E-state index >= 15 is 0 Å². The average molecular weight is 879 g/mol. The third-order valence-electron chi connectivity index (χ3n) is 15.1. The molecule has 0 fully saturated rings. The summed E-state index contributed by atoms with van der Waals surface area (Å²) >= 11 is 0. The van der Waals surface area contributed by atoms with E-state index in [-0.39, 0.29) is 10.8 Å². The van der Waals surface area contributed by atoms with Crippen LogP contribution < -0.4 is 21.1 Å². The number of anilines is 5. The van der Waals surface area contributed by atoms with Gasteiger partial charge >= 0.3 is 0 Å². The monoisotopic (exact) mass is 878 g/mol. The fourth-order valence-electron chi connectivity index (χ4n) is 11.2. The van der Waals surface area contributed by atoms with Gasteiger partial charge in [0.25, 0.3) is 0 Å². The van der Waals surface area contributed by atoms with Gasteiger partial charge in [-0.15, -0.1) is 0 Å². The Balaban J connectivity index is 1.19. The molecule has 0 amide bonds. The molecule has 1 aliphatic heterocycles. The molecule has 2 aliphatic rings. The van der Waals surface area contributed by atoms with Crippen molar-refractivity contribution in [3.05, 3.63) is 222 Å². The van der Waals surface area contributed by atoms with E-state index in [1.54, 1.807) is 0 Å². The van der Waals surface area contributed by atoms with E-state index in [0.29, 0.717) is 0 Å². The molecule has 0 spiro atoms. The molecule has 11 rings (SSSR count). The lowest BCUT2D eigenvalue weighted by Gasteiger charge is -2.44. The zero-order chi connectivity index (χ0) is 46.7. The zero-order valence-corrected chi connectivity index (χ0v) is 40.5. The molecule has 1 heterocycles. The first kappa shape index (κ1) is 43.2. The predicted molar refractivity (Wildman–Crippen MR) is 294 cm³/mol. The van der Waals surface area contributed by atoms with Crippen LogP contribution in [0.2, 0.25) is 0 Å². The molecule has 332 valence electrons. The Morgan fingerprint density at radius 3 is 1.59 bits per heavy atom. The van der Waals surface area contributed by atoms with Crippen LogP contribution in [0.1, 0.15) is 68.4 Å². The zero-order valence-electron chi connectivity index (χ0n) is 40.5. The van der Waals surface area contributed by atoms with Crippen molar-refractivity contribution in [3.63, 3.8) is 0 Å². The van der Waals surface area contributed by atoms with Crippen LogP contribution in [-0.4, -0.2) is 7.28 Å². The van der Waals surface area contributed by atoms with Crippen LogP contribution in [0.4, 0.5) is 28.4 Å². The summed E-state index contributed by atoms with van der Waals surface area (Å²) in [5, 5.41) is 4.02. The number of aryl methyl sites for hydroxylation is 3. The number of nitrogens with zero attached hydrogens (tertiary/aromatic N) is 1. The number of benzene rings is 9. The first-order valence-electron chi connectivity index (χ1n) is 24.4. The van der Waals surface area contributed by atoms with Gasteiger partial charge in [-0.25, -0.2) is 0 Å². The van der Waals surface area contributed by atoms with Crippen LogP contribution in [0, 0.1) is 20.8 Å². The second-order valence-corrected chi connectivity index (χ2v) is 20.7. The van der Waals surface area contributed by atoms with Gasteiger partial charge in [-0.3, -0.25) is 0 Å². The molecule has 9 aromatic rings. The summed E-state index contributed by atoms with van der Waals surface area (Å²) in [6, 6.07) is 72.2. The minimum Gasteiger partial charge on any atom is -0.355 e. The Hall–Kier alpha value is -7.36. The van der Waals surface area contributed by atoms with Crippen LogP contribution in [0.5, 0.6) is 0 Å². The largest absolute Gasteiger partial charge is 0.355 e. The predicted octanol–water partition coefficient (Wildman–Crippen LogP) is 16.2. The molecule has 0 bridgehead atoms. The minimum atomic E-state index is 0.0517. The highest BCUT2D eigenvalue weighted by Gasteiger charge is 2.39. The first-order valence-corrected chi connectivity index (χ1v) is 24.4. The van der Waals surface area contributed by atoms with Crippen LogP contribution in [0.25, 0.3) is 55.6 Å². The normalized spacial score (nSPS) is 14.3. The molecule has 0 saturated heterocycles. The lowest BCUT2D eigenvalue weighted by Crippen LogP contribution is -2.41. The summed E-state index contributed by atoms with van der Waals surface area (Å²) in [7, 11) is 0.788. The third kappa shape index (κ3) is 7.84. The van der Waals surface area contributed by atoms with Crippen molar-refractivity contribution in [3.8, 4) is 55.6 Å². The smallest absolute Gasteiger partial charge is 0.198 e. The van der Waals surface area contributed by atoms with Gasteiger partial charge in [0.15, 0.2) is 7.28 Å². The fraction of sp³-hybridized carbons (Fsp3) is 0.169. The molecule has 0 radical (unpaired) electrons. The maximum atomic E-state index is 4.02. The molecular formula is C65H59BN2. The number of nitrogens with one attached hydrogen (secondary N) is 1. The van der Waals surface area contributed by atoms with Crippen molar-refractivity contribution < 1.29 is 0 Å². The summed E-state index contributed by atoms with van der Waals surface area (Å²) in [4.78, 5) is 2.63. The third-order valence-corrected chi connectivity index (χ3v) is 15.1. The maximum absolute atomic E-state index is 4.02. The number of hydrogen-bond donors (Lipinski definition) is 1. The summed E-state index contributed by atoms with van der Waals surface area (Å²) in [6.07, 6.45) is 2.34. The van der Waals surface area contributed by atoms with Crippen molar-refractivity contribution in [2.45, 2.75) is 72.1 Å². The van der Waals surface area contributed by atoms with Crippen molar-refractivity contribution >= 4 is 46.6 Å². The standard InChI is InChI=1S/C65H59BN2/c1-42-19-17-20-43(2)62(42)51-37-54(53-31-29-50(47-25-15-10-16-26-47)39-58(53)67-52-28-18-27-48(36-52)45-21-11-8-12-22-45)63-61(40-51)68(59-32-30-49(38-57(59)66-63)46-23-13-9-14-24-46)60-41-56-55(35-44(60)3)64(4,5)33-34-65(56,6)7/h8-32,35-41,66-67H,33-34H2,1-7H3. The van der Waals surface area contributed by atoms with Crippen molar-refractivity contribution in [2.24, 2.45) is 0 Å². The minimum absolute atomic E-state index is 0.0517. The van der Waals surface area contributed by atoms with Crippen LogP contribution in [0.15, 0.2) is 194 Å². The van der Waals surface area contributed by atoms with Crippen LogP contribution in [0.3, 0.4) is 0 Å². The van der Waals surface area contributed by atoms with E-state index in [4.69, 9.17) is 0 Å². The highest BCUT2D eigenvalue weighted by molar-refractivity contribution is 6.73. The van der Waals surface area contributed by atoms with Crippen molar-refractivity contribution in [2.75, 3.05) is 10.2 Å². The Bertz CT molecular complexity index is 3350. The van der Waals surface area contributed by atoms with E-state index in [2.05, 4.69) is 253 Å². The first-order chi connectivity index (χ1) is 32.9. The van der Waals surface area contributed by atoms with Gasteiger partial charge in [0.1, 0.15) is 0 Å². The van der Waals surface area contributed by atoms with E-state index in [1.165, 1.54) is 118 Å². The van der Waals surface area contributed by atoms with Gasteiger partial charge in [0.05, 0.1) is 0 Å². The summed E-state index contributed by atoms with van der Waals surface area (Å²) in [5.41, 5.74) is 27.6. The second kappa shape index (κ2) is 17.1. The topological polar surface area (TPSA) is 15.3 Å². The van der Waals surface area contributed by atoms with Crippen molar-refractivity contribution in [1.29, 1.82) is 0 Å². The van der Waals surface area contributed by atoms with Gasteiger partial charge in [0, 0.05) is 34.0 Å². The van der Waals surface area contributed by atoms with Gasteiger partial charge in [-0.2, -0.15) is 0 Å². The summed E-state index contributed by atoms with van der Waals surface area (Å²) in [5.74, 6) is 0. The Labute approximate surface area is 404 Å². The van der Waals surface area contributed by atoms with Crippen molar-refractivity contribution in [1.82, 2.24) is 0 Å². The average Bonchev–Trinajstić information content (AvgIpc) is 3.35. The second-order valence-electron chi connectivity index (χ2n) is 20.7. The molecule has 0 unspecified atom stereocenters. The molecule has 68 heavy (non-hydrogen) atoms. The Morgan fingerprint density at radius 2 is 0.956 bits per heavy atom. The quantitative estimate of drug-likeness (QED) is 0.153. The molecule has 0 saturated carbocycles. The Kier molecular flexibility index (Phi) is 10.8. The molecule has 1 aliphatic carbocycles. The molecule has 2 nitrogen and oxygen atoms in total. The van der Waals surface area contributed by atoms with Gasteiger partial charge in [0.2, 0.25) is 0 Å². The van der Waals surface area contributed by atoms with Gasteiger partial charge in [-0.1, -0.05) is 185 Å². The molecule has 1 N–H and O–H groups in total. The Morgan fingerprint density at radius 1 is 0.412 bits per heavy atom. The van der Waals surface area contributed by atoms with E-state index in [9.17, 15) is 0 Å². The SMILES string of the molecule is Cc1cc2c(cc1N1c3ccc(-c4ccccc4)cc3Bc3c(-c4ccc(-c5ccccc5)cc4Nc4cccc(-c5ccccc5)c4)cc(-c4c(C)cccc4C)cc31)C(C)(C)CCC2(C)C. The summed E-state index contributed by atoms with van der Waals surface area (Å²) in [6.45, 7) is 16.6. The lowest BCUT2D eigenvalue weighted by molar-refractivity contribution is 0.332. The van der Waals surface area contributed by atoms with E-state index < -0.39 is 0 Å². The highest BCUT2D eigenvalue weighted by atomic mass is 15.2. The molecular weight excluding hydrogens is 820 g/mol. The molecule has 0 atom stereocenters. The van der Waals surface area contributed by atoms with Gasteiger partial charge < -0.3 is 10.2 Å². The summed E-state index contributed by atoms with van der Waals surface area (Å²) < 4.78 is 0. The highest BCUT2D eigenvalue weighted by Crippen LogP contribution is 2.50. The fourth-order valence-corrected chi connectivity index (χ4v) is 11.2. The molecule has 9 aromatic carbocycles. The van der Waals surface area contributed by atoms with Crippen LogP contribution >= 0.6 is 0 Å². The molecule has 0 aromatic heterocycles. The number of hydrogen-bond acceptors (Lipinski definition) is 2. The van der Waals surface area contributed by atoms with E-state index in [0.717, 1.165) is 25.1 Å². The number of rotatable bonds is 8. The van der Waals surface area contributed by atoms with Crippen LogP contribution in [-0.2, 0) is 10.8 Å². The molecule has 3 heteroatoms. The van der Waals surface area contributed by atoms with E-state index in [1.807, 2.05) is 0 Å². The maximum Gasteiger partial charge on any atom is 0.198 e. The van der Waals surface area contributed by atoms with Gasteiger partial charge in [-0.05, 0) is 170 Å². The number of fused-ring (bicyclic) bond motifs is 3. The lowest BCUT2D eigenvalue weighted by atomic mass is 9.57.